The first kappa shape index (κ1) is 15.0. The molecule has 0 aliphatic rings. The smallest absolute Gasteiger partial charge is 0.242 e. The maximum absolute atomic E-state index is 12.3. The molecule has 3 heterocycles. The highest BCUT2D eigenvalue weighted by molar-refractivity contribution is 5.76. The first-order valence-electron chi connectivity index (χ1n) is 7.45. The number of amides is 1. The molecule has 0 radical (unpaired) electrons. The second-order valence-corrected chi connectivity index (χ2v) is 5.39. The van der Waals surface area contributed by atoms with Gasteiger partial charge in [-0.25, -0.2) is 14.6 Å². The second-order valence-electron chi connectivity index (χ2n) is 5.39. The zero-order valence-electron chi connectivity index (χ0n) is 13.1. The van der Waals surface area contributed by atoms with Crippen molar-refractivity contribution in [3.05, 3.63) is 42.1 Å². The molecule has 0 saturated carbocycles. The Morgan fingerprint density at radius 3 is 2.96 bits per heavy atom. The number of anilines is 1. The molecule has 0 aliphatic carbocycles. The Hall–Kier alpha value is -2.90. The minimum Gasteiger partial charge on any atom is -0.384 e. The van der Waals surface area contributed by atoms with Crippen molar-refractivity contribution in [3.63, 3.8) is 0 Å². The van der Waals surface area contributed by atoms with Crippen molar-refractivity contribution in [1.29, 1.82) is 0 Å². The molecule has 8 nitrogen and oxygen atoms in total. The Balaban J connectivity index is 1.73. The molecule has 0 aliphatic heterocycles. The van der Waals surface area contributed by atoms with Gasteiger partial charge in [0.25, 0.3) is 0 Å². The number of hydrogen-bond donors (Lipinski definition) is 2. The van der Waals surface area contributed by atoms with Crippen LogP contribution in [0.5, 0.6) is 0 Å². The molecule has 3 N–H and O–H groups in total. The monoisotopic (exact) mass is 313 g/mol. The van der Waals surface area contributed by atoms with E-state index in [0.717, 1.165) is 17.8 Å². The molecule has 3 aromatic heterocycles. The number of aromatic nitrogens is 5. The van der Waals surface area contributed by atoms with E-state index in [0.29, 0.717) is 11.6 Å². The highest BCUT2D eigenvalue weighted by Gasteiger charge is 2.17. The summed E-state index contributed by atoms with van der Waals surface area (Å²) in [6, 6.07) is 3.39. The largest absolute Gasteiger partial charge is 0.384 e. The van der Waals surface area contributed by atoms with Crippen LogP contribution in [-0.4, -0.2) is 30.1 Å². The predicted octanol–water partition coefficient (Wildman–Crippen LogP) is 1.08. The van der Waals surface area contributed by atoms with Crippen LogP contribution < -0.4 is 11.1 Å². The number of fused-ring (bicyclic) bond motifs is 1. The number of nitrogens with zero attached hydrogens (tertiary/aromatic N) is 5. The SMILES string of the molecule is CC[C@@H](NC(=O)Cn1nc(C)cc1N)c1cn2cccnc2n1. The Morgan fingerprint density at radius 2 is 2.30 bits per heavy atom. The molecule has 1 amide bonds. The molecular weight excluding hydrogens is 294 g/mol. The molecule has 3 aromatic rings. The highest BCUT2D eigenvalue weighted by atomic mass is 16.2. The number of aryl methyl sites for hydroxylation is 1. The number of hydrogen-bond acceptors (Lipinski definition) is 5. The van der Waals surface area contributed by atoms with E-state index in [1.807, 2.05) is 36.7 Å². The van der Waals surface area contributed by atoms with E-state index >= 15 is 0 Å². The second kappa shape index (κ2) is 6.07. The van der Waals surface area contributed by atoms with Crippen LogP contribution in [0, 0.1) is 6.92 Å². The van der Waals surface area contributed by atoms with Crippen LogP contribution in [0.25, 0.3) is 5.78 Å². The van der Waals surface area contributed by atoms with Crippen molar-refractivity contribution in [2.75, 3.05) is 5.73 Å². The quantitative estimate of drug-likeness (QED) is 0.734. The summed E-state index contributed by atoms with van der Waals surface area (Å²) in [6.45, 7) is 3.92. The lowest BCUT2D eigenvalue weighted by Crippen LogP contribution is -2.32. The molecule has 0 aromatic carbocycles. The molecule has 120 valence electrons. The number of nitrogens with one attached hydrogen (secondary N) is 1. The van der Waals surface area contributed by atoms with E-state index in [2.05, 4.69) is 20.4 Å². The van der Waals surface area contributed by atoms with Crippen molar-refractivity contribution in [2.45, 2.75) is 32.9 Å². The van der Waals surface area contributed by atoms with Crippen LogP contribution >= 0.6 is 0 Å². The normalized spacial score (nSPS) is 12.4. The van der Waals surface area contributed by atoms with Crippen molar-refractivity contribution in [1.82, 2.24) is 29.5 Å². The fourth-order valence-corrected chi connectivity index (χ4v) is 2.47. The van der Waals surface area contributed by atoms with E-state index in [1.165, 1.54) is 4.68 Å². The topological polar surface area (TPSA) is 103 Å². The highest BCUT2D eigenvalue weighted by Crippen LogP contribution is 2.16. The van der Waals surface area contributed by atoms with Gasteiger partial charge in [0.2, 0.25) is 11.7 Å². The number of rotatable bonds is 5. The molecule has 0 saturated heterocycles. The van der Waals surface area contributed by atoms with Crippen LogP contribution in [0.1, 0.15) is 30.8 Å². The summed E-state index contributed by atoms with van der Waals surface area (Å²) in [4.78, 5) is 20.9. The summed E-state index contributed by atoms with van der Waals surface area (Å²) in [6.07, 6.45) is 6.17. The lowest BCUT2D eigenvalue weighted by Gasteiger charge is -2.15. The third-order valence-electron chi connectivity index (χ3n) is 3.58. The van der Waals surface area contributed by atoms with Crippen LogP contribution in [0.2, 0.25) is 0 Å². The van der Waals surface area contributed by atoms with E-state index < -0.39 is 0 Å². The molecule has 0 spiro atoms. The van der Waals surface area contributed by atoms with Gasteiger partial charge in [-0.15, -0.1) is 0 Å². The third-order valence-corrected chi connectivity index (χ3v) is 3.58. The number of nitrogens with two attached hydrogens (primary N) is 1. The molecular formula is C15H19N7O. The van der Waals surface area contributed by atoms with E-state index in [1.54, 1.807) is 12.3 Å². The molecule has 0 bridgehead atoms. The number of carbonyl (C=O) groups excluding carboxylic acids is 1. The average molecular weight is 313 g/mol. The van der Waals surface area contributed by atoms with Crippen LogP contribution in [0.4, 0.5) is 5.82 Å². The minimum atomic E-state index is -0.179. The van der Waals surface area contributed by atoms with Crippen LogP contribution in [0.15, 0.2) is 30.7 Å². The van der Waals surface area contributed by atoms with Gasteiger partial charge in [0, 0.05) is 24.7 Å². The maximum Gasteiger partial charge on any atom is 0.242 e. The van der Waals surface area contributed by atoms with E-state index in [-0.39, 0.29) is 18.5 Å². The fraction of sp³-hybridized carbons (Fsp3) is 0.333. The van der Waals surface area contributed by atoms with E-state index in [9.17, 15) is 4.79 Å². The standard InChI is InChI=1S/C15H19N7O/c1-3-11(12-8-21-6-4-5-17-15(21)19-12)18-14(23)9-22-13(16)7-10(2)20-22/h4-8,11H,3,9,16H2,1-2H3,(H,18,23)/t11-/m1/s1. The number of carbonyl (C=O) groups is 1. The lowest BCUT2D eigenvalue weighted by atomic mass is 10.1. The summed E-state index contributed by atoms with van der Waals surface area (Å²) >= 11 is 0. The van der Waals surface area contributed by atoms with Crippen LogP contribution in [0.3, 0.4) is 0 Å². The van der Waals surface area contributed by atoms with E-state index in [4.69, 9.17) is 5.73 Å². The Bertz CT molecular complexity index is 802. The van der Waals surface area contributed by atoms with Gasteiger partial charge in [0.1, 0.15) is 12.4 Å². The van der Waals surface area contributed by atoms with Crippen molar-refractivity contribution >= 4 is 17.5 Å². The average Bonchev–Trinajstić information content (AvgIpc) is 3.08. The van der Waals surface area contributed by atoms with Gasteiger partial charge in [-0.2, -0.15) is 5.10 Å². The zero-order valence-corrected chi connectivity index (χ0v) is 13.1. The molecule has 0 unspecified atom stereocenters. The molecule has 8 heteroatoms. The van der Waals surface area contributed by atoms with Gasteiger partial charge in [0.05, 0.1) is 17.4 Å². The third kappa shape index (κ3) is 3.15. The molecule has 0 fully saturated rings. The van der Waals surface area contributed by atoms with Gasteiger partial charge >= 0.3 is 0 Å². The summed E-state index contributed by atoms with van der Waals surface area (Å²) in [5.41, 5.74) is 7.38. The summed E-state index contributed by atoms with van der Waals surface area (Å²) in [7, 11) is 0. The van der Waals surface area contributed by atoms with Crippen molar-refractivity contribution in [3.8, 4) is 0 Å². The Kier molecular flexibility index (Phi) is 3.96. The minimum absolute atomic E-state index is 0.0851. The van der Waals surface area contributed by atoms with Gasteiger partial charge in [-0.05, 0) is 19.4 Å². The summed E-state index contributed by atoms with van der Waals surface area (Å²) in [5, 5.41) is 7.16. The summed E-state index contributed by atoms with van der Waals surface area (Å²) in [5.74, 6) is 0.932. The van der Waals surface area contributed by atoms with Gasteiger partial charge in [-0.1, -0.05) is 6.92 Å². The molecule has 23 heavy (non-hydrogen) atoms. The van der Waals surface area contributed by atoms with Crippen molar-refractivity contribution in [2.24, 2.45) is 0 Å². The zero-order chi connectivity index (χ0) is 16.4. The number of nitrogen functional groups attached to an aromatic ring is 1. The molecule has 3 rings (SSSR count). The van der Waals surface area contributed by atoms with Gasteiger partial charge in [-0.3, -0.25) is 9.20 Å². The first-order valence-corrected chi connectivity index (χ1v) is 7.45. The number of imidazole rings is 1. The van der Waals surface area contributed by atoms with Crippen molar-refractivity contribution < 1.29 is 4.79 Å². The lowest BCUT2D eigenvalue weighted by molar-refractivity contribution is -0.122. The van der Waals surface area contributed by atoms with Gasteiger partial charge in [0.15, 0.2) is 0 Å². The Labute approximate surface area is 133 Å². The van der Waals surface area contributed by atoms with Crippen LogP contribution in [-0.2, 0) is 11.3 Å². The molecule has 1 atom stereocenters. The fourth-order valence-electron chi connectivity index (χ4n) is 2.47. The Morgan fingerprint density at radius 1 is 1.48 bits per heavy atom. The maximum atomic E-state index is 12.3. The predicted molar refractivity (Wildman–Crippen MR) is 85.5 cm³/mol. The first-order chi connectivity index (χ1) is 11.1. The van der Waals surface area contributed by atoms with Gasteiger partial charge < -0.3 is 11.1 Å². The summed E-state index contributed by atoms with van der Waals surface area (Å²) < 4.78 is 3.32.